The Hall–Kier alpha value is -3.29. The highest BCUT2D eigenvalue weighted by molar-refractivity contribution is 6.34. The second-order valence-electron chi connectivity index (χ2n) is 15.4. The fourth-order valence-electron chi connectivity index (χ4n) is 7.20. The molecule has 1 saturated heterocycles. The lowest BCUT2D eigenvalue weighted by Crippen LogP contribution is -2.50. The molecule has 2 aromatic carbocycles. The number of amides is 2. The Kier molecular flexibility index (Phi) is 15.8. The van der Waals surface area contributed by atoms with E-state index in [2.05, 4.69) is 31.5 Å². The van der Waals surface area contributed by atoms with E-state index < -0.39 is 11.7 Å². The lowest BCUT2D eigenvalue weighted by atomic mass is 9.96. The molecule has 2 aliphatic carbocycles. The van der Waals surface area contributed by atoms with Crippen LogP contribution in [-0.2, 0) is 33.0 Å². The Balaban J connectivity index is 0.864. The molecule has 3 aromatic rings. The number of carbonyl (C=O) groups is 2. The number of unbranched alkanes of at least 4 members (excludes halogenated alkanes) is 2. The molecule has 0 spiro atoms. The summed E-state index contributed by atoms with van der Waals surface area (Å²) in [6, 6.07) is 14.1. The molecule has 56 heavy (non-hydrogen) atoms. The molecule has 304 valence electrons. The summed E-state index contributed by atoms with van der Waals surface area (Å²) in [6.45, 7) is 5.77. The van der Waals surface area contributed by atoms with Crippen LogP contribution in [0, 0.1) is 0 Å². The Labute approximate surface area is 341 Å². The number of para-hydroxylation sites is 1. The van der Waals surface area contributed by atoms with Gasteiger partial charge in [-0.05, 0) is 105 Å². The van der Waals surface area contributed by atoms with E-state index in [0.29, 0.717) is 55.2 Å². The van der Waals surface area contributed by atoms with E-state index >= 15 is 0 Å². The number of piperazine rings is 1. The summed E-state index contributed by atoms with van der Waals surface area (Å²) in [5, 5.41) is 25.5. The van der Waals surface area contributed by atoms with E-state index in [4.69, 9.17) is 37.8 Å². The topological polar surface area (TPSA) is 136 Å². The minimum Gasteiger partial charge on any atom is -0.490 e. The lowest BCUT2D eigenvalue weighted by Gasteiger charge is -2.34. The van der Waals surface area contributed by atoms with Crippen molar-refractivity contribution in [1.29, 1.82) is 0 Å². The fourth-order valence-corrected chi connectivity index (χ4v) is 7.72. The van der Waals surface area contributed by atoms with E-state index in [-0.39, 0.29) is 18.4 Å². The number of benzene rings is 2. The molecule has 11 nitrogen and oxygen atoms in total. The van der Waals surface area contributed by atoms with Crippen molar-refractivity contribution >= 4 is 35.0 Å². The number of hydrogen-bond donors (Lipinski definition) is 4. The molecular formula is C43H57Cl2N5O6. The number of rotatable bonds is 23. The van der Waals surface area contributed by atoms with Crippen molar-refractivity contribution in [2.75, 3.05) is 59.0 Å². The summed E-state index contributed by atoms with van der Waals surface area (Å²) in [5.74, 6) is 0.956. The van der Waals surface area contributed by atoms with Gasteiger partial charge in [-0.3, -0.25) is 24.4 Å². The van der Waals surface area contributed by atoms with Crippen molar-refractivity contribution in [3.63, 3.8) is 0 Å². The standard InChI is InChI=1S/C43H57Cl2N5O6/c44-38-26-32(30-55-43(15-16-43)37-27-46-18-14-35(37)36-9-2-3-10-40(36)56-34-12-13-34)39(45)25-31(38)7-1-4-11-41(53)48-19-20-49-21-23-50(24-22-49)28-42(54)47-17-6-5-8-33(52)29-51/h2-3,9-10,14,18,25-27,33-34,51-52H,1,4-8,11-13,15-17,19-24,28-30H2,(H,47,54)(H,48,53)/t33-/m0/s1. The zero-order valence-electron chi connectivity index (χ0n) is 32.3. The maximum Gasteiger partial charge on any atom is 0.234 e. The first-order valence-corrected chi connectivity index (χ1v) is 21.1. The van der Waals surface area contributed by atoms with Gasteiger partial charge in [0, 0.05) is 85.8 Å². The average Bonchev–Trinajstić information content (AvgIpc) is 4.15. The lowest BCUT2D eigenvalue weighted by molar-refractivity contribution is -0.123. The molecule has 3 aliphatic rings. The molecule has 2 saturated carbocycles. The van der Waals surface area contributed by atoms with E-state index in [0.717, 1.165) is 124 Å². The first-order valence-electron chi connectivity index (χ1n) is 20.3. The Morgan fingerprint density at radius 3 is 2.39 bits per heavy atom. The smallest absolute Gasteiger partial charge is 0.234 e. The highest BCUT2D eigenvalue weighted by Gasteiger charge is 2.48. The van der Waals surface area contributed by atoms with Crippen LogP contribution in [0.1, 0.15) is 80.9 Å². The predicted molar refractivity (Wildman–Crippen MR) is 219 cm³/mol. The number of halogens is 2. The number of nitrogens with one attached hydrogen (secondary N) is 2. The van der Waals surface area contributed by atoms with E-state index in [1.807, 2.05) is 48.8 Å². The molecule has 2 heterocycles. The third-order valence-corrected chi connectivity index (χ3v) is 11.6. The third kappa shape index (κ3) is 12.6. The minimum atomic E-state index is -0.680. The first-order chi connectivity index (χ1) is 27.2. The number of ether oxygens (including phenoxy) is 2. The van der Waals surface area contributed by atoms with Crippen LogP contribution in [0.25, 0.3) is 11.1 Å². The first kappa shape index (κ1) is 42.3. The SMILES string of the molecule is O=C(CCCCc1cc(Cl)c(COC2(c3cnccc3-c3ccccc3OC3CC3)CC2)cc1Cl)NCCN1CCN(CC(=O)NCCCC[C@H](O)CO)CC1. The number of hydrogen-bond acceptors (Lipinski definition) is 9. The van der Waals surface area contributed by atoms with Gasteiger partial charge in [-0.25, -0.2) is 0 Å². The second-order valence-corrected chi connectivity index (χ2v) is 16.2. The predicted octanol–water partition coefficient (Wildman–Crippen LogP) is 5.89. The average molecular weight is 811 g/mol. The zero-order chi connectivity index (χ0) is 39.3. The second kappa shape index (κ2) is 20.9. The molecule has 6 rings (SSSR count). The molecule has 0 unspecified atom stereocenters. The molecule has 13 heteroatoms. The van der Waals surface area contributed by atoms with Gasteiger partial charge in [-0.15, -0.1) is 0 Å². The van der Waals surface area contributed by atoms with Gasteiger partial charge in [0.15, 0.2) is 0 Å². The molecule has 3 fully saturated rings. The van der Waals surface area contributed by atoms with Crippen LogP contribution in [0.5, 0.6) is 5.75 Å². The van der Waals surface area contributed by atoms with Gasteiger partial charge in [0.2, 0.25) is 11.8 Å². The molecular weight excluding hydrogens is 753 g/mol. The van der Waals surface area contributed by atoms with Crippen molar-refractivity contribution in [1.82, 2.24) is 25.4 Å². The summed E-state index contributed by atoms with van der Waals surface area (Å²) >= 11 is 13.5. The van der Waals surface area contributed by atoms with Crippen LogP contribution in [0.3, 0.4) is 0 Å². The van der Waals surface area contributed by atoms with Gasteiger partial charge >= 0.3 is 0 Å². The Bertz CT molecular complexity index is 1750. The molecule has 4 N–H and O–H groups in total. The third-order valence-electron chi connectivity index (χ3n) is 10.9. The monoisotopic (exact) mass is 809 g/mol. The highest BCUT2D eigenvalue weighted by atomic mass is 35.5. The number of carbonyl (C=O) groups excluding carboxylic acids is 2. The van der Waals surface area contributed by atoms with Crippen molar-refractivity contribution in [2.45, 2.75) is 95.0 Å². The minimum absolute atomic E-state index is 0.0102. The van der Waals surface area contributed by atoms with Crippen LogP contribution < -0.4 is 15.4 Å². The van der Waals surface area contributed by atoms with E-state index in [1.54, 1.807) is 0 Å². The van der Waals surface area contributed by atoms with Crippen LogP contribution >= 0.6 is 23.2 Å². The molecule has 1 atom stereocenters. The van der Waals surface area contributed by atoms with Gasteiger partial charge in [-0.2, -0.15) is 0 Å². The number of nitrogens with zero attached hydrogens (tertiary/aromatic N) is 3. The van der Waals surface area contributed by atoms with E-state index in [1.165, 1.54) is 0 Å². The highest BCUT2D eigenvalue weighted by Crippen LogP contribution is 2.53. The molecule has 2 amide bonds. The molecule has 1 aromatic heterocycles. The van der Waals surface area contributed by atoms with Crippen LogP contribution in [0.2, 0.25) is 10.0 Å². The van der Waals surface area contributed by atoms with Crippen LogP contribution in [0.15, 0.2) is 54.9 Å². The number of pyridine rings is 1. The van der Waals surface area contributed by atoms with Crippen LogP contribution in [0.4, 0.5) is 0 Å². The largest absolute Gasteiger partial charge is 0.490 e. The summed E-state index contributed by atoms with van der Waals surface area (Å²) in [4.78, 5) is 33.8. The Morgan fingerprint density at radius 1 is 0.893 bits per heavy atom. The quantitative estimate of drug-likeness (QED) is 0.0866. The number of aryl methyl sites for hydroxylation is 1. The summed E-state index contributed by atoms with van der Waals surface area (Å²) in [5.41, 5.74) is 4.58. The molecule has 1 aliphatic heterocycles. The van der Waals surface area contributed by atoms with Gasteiger partial charge in [0.1, 0.15) is 5.75 Å². The van der Waals surface area contributed by atoms with Gasteiger partial charge in [-0.1, -0.05) is 41.4 Å². The Morgan fingerprint density at radius 2 is 1.62 bits per heavy atom. The summed E-state index contributed by atoms with van der Waals surface area (Å²) in [7, 11) is 0. The number of aromatic nitrogens is 1. The fraction of sp³-hybridized carbons (Fsp3) is 0.558. The maximum absolute atomic E-state index is 12.6. The number of aliphatic hydroxyl groups is 2. The maximum atomic E-state index is 12.6. The van der Waals surface area contributed by atoms with E-state index in [9.17, 15) is 14.7 Å². The van der Waals surface area contributed by atoms with Crippen molar-refractivity contribution in [3.05, 3.63) is 81.6 Å². The summed E-state index contributed by atoms with van der Waals surface area (Å²) < 4.78 is 12.9. The van der Waals surface area contributed by atoms with Crippen molar-refractivity contribution < 1.29 is 29.3 Å². The van der Waals surface area contributed by atoms with Crippen molar-refractivity contribution in [3.8, 4) is 16.9 Å². The molecule has 0 radical (unpaired) electrons. The number of aliphatic hydroxyl groups excluding tert-OH is 2. The molecule has 0 bridgehead atoms. The van der Waals surface area contributed by atoms with Gasteiger partial charge in [0.25, 0.3) is 0 Å². The van der Waals surface area contributed by atoms with Gasteiger partial charge < -0.3 is 30.3 Å². The van der Waals surface area contributed by atoms with Crippen molar-refractivity contribution in [2.24, 2.45) is 0 Å². The zero-order valence-corrected chi connectivity index (χ0v) is 33.8. The van der Waals surface area contributed by atoms with Gasteiger partial charge in [0.05, 0.1) is 37.6 Å². The normalized spacial score (nSPS) is 17.4. The summed E-state index contributed by atoms with van der Waals surface area (Å²) in [6.07, 6.45) is 12.2. The van der Waals surface area contributed by atoms with Crippen LogP contribution in [-0.4, -0.2) is 108 Å².